The molecule has 1 heterocycles. The number of H-pyrrole nitrogens is 1. The summed E-state index contributed by atoms with van der Waals surface area (Å²) in [5, 5.41) is 32.0. The average molecular weight is 1230 g/mol. The van der Waals surface area contributed by atoms with E-state index in [-0.39, 0.29) is 101 Å². The Hall–Kier alpha value is -8.97. The molecule has 32 nitrogen and oxygen atoms in total. The number of aromatic amines is 1. The van der Waals surface area contributed by atoms with Crippen molar-refractivity contribution in [2.75, 3.05) is 26.2 Å². The molecule has 0 saturated heterocycles. The highest BCUT2D eigenvalue weighted by molar-refractivity contribution is 5.99. The number of hydrogen-bond donors (Lipinski definition) is 19. The lowest BCUT2D eigenvalue weighted by Crippen LogP contribution is -2.61. The lowest BCUT2D eigenvalue weighted by molar-refractivity contribution is -0.144. The molecule has 0 aliphatic carbocycles. The summed E-state index contributed by atoms with van der Waals surface area (Å²) in [7, 11) is 0. The van der Waals surface area contributed by atoms with Crippen LogP contribution in [-0.4, -0.2) is 168 Å². The van der Waals surface area contributed by atoms with Gasteiger partial charge in [0.05, 0.1) is 6.04 Å². The van der Waals surface area contributed by atoms with Gasteiger partial charge in [-0.05, 0) is 86.7 Å². The van der Waals surface area contributed by atoms with Crippen molar-refractivity contribution < 1.29 is 48.3 Å². The van der Waals surface area contributed by atoms with Crippen LogP contribution in [0.25, 0.3) is 10.9 Å². The summed E-state index contributed by atoms with van der Waals surface area (Å²) < 4.78 is 0. The van der Waals surface area contributed by atoms with Crippen molar-refractivity contribution in [1.82, 2.24) is 47.5 Å². The van der Waals surface area contributed by atoms with E-state index in [0.29, 0.717) is 22.9 Å². The first-order valence-electron chi connectivity index (χ1n) is 29.0. The summed E-state index contributed by atoms with van der Waals surface area (Å²) in [6.07, 6.45) is 2.09. The van der Waals surface area contributed by atoms with E-state index >= 15 is 0 Å². The fraction of sp³-hybridized carbons (Fsp3) is 0.618. The average Bonchev–Trinajstić information content (AvgIpc) is 3.03. The first-order chi connectivity index (χ1) is 40.8. The SMILES string of the molecule is CC(C)[C@H](NC(=O)[C@@H](NC(=O)[C@H](CCCN=C(N)N)NC(=O)[C@H](Cc1c[nH]c2ccccc12)NC(=O)[C@H](CCCN=C(N)N)NC(=O)[C@H](CCCN=C(N)N)NC(=O)[C@@H](NC(=O)[C@@H](NC(=O)[C@@H](N)CCCN=C(N)N)C(C)C)C(C)C)C(C)C)C(=O)O. The van der Waals surface area contributed by atoms with E-state index < -0.39 is 131 Å². The fourth-order valence-corrected chi connectivity index (χ4v) is 8.89. The van der Waals surface area contributed by atoms with E-state index in [0.717, 1.165) is 0 Å². The van der Waals surface area contributed by atoms with Crippen molar-refractivity contribution in [3.63, 3.8) is 0 Å². The molecule has 0 unspecified atom stereocenters. The highest BCUT2D eigenvalue weighted by Gasteiger charge is 2.37. The van der Waals surface area contributed by atoms with E-state index in [4.69, 9.17) is 51.6 Å². The molecule has 0 aliphatic heterocycles. The number of carbonyl (C=O) groups excluding carboxylic acids is 8. The van der Waals surface area contributed by atoms with Crippen molar-refractivity contribution in [3.8, 4) is 0 Å². The minimum atomic E-state index is -1.48. The molecule has 0 spiro atoms. The Labute approximate surface area is 507 Å². The molecule has 8 amide bonds. The molecular weight excluding hydrogens is 1130 g/mol. The van der Waals surface area contributed by atoms with Crippen molar-refractivity contribution in [1.29, 1.82) is 0 Å². The predicted molar refractivity (Wildman–Crippen MR) is 332 cm³/mol. The normalized spacial score (nSPS) is 14.3. The van der Waals surface area contributed by atoms with Crippen LogP contribution in [0.2, 0.25) is 0 Å². The zero-order chi connectivity index (χ0) is 65.7. The molecule has 486 valence electrons. The minimum Gasteiger partial charge on any atom is -0.480 e. The maximum atomic E-state index is 14.9. The number of aliphatic imine (C=N–C) groups is 4. The molecule has 87 heavy (non-hydrogen) atoms. The number of fused-ring (bicyclic) bond motifs is 1. The summed E-state index contributed by atoms with van der Waals surface area (Å²) in [5.74, 6) is -10.6. The summed E-state index contributed by atoms with van der Waals surface area (Å²) >= 11 is 0. The summed E-state index contributed by atoms with van der Waals surface area (Å²) in [5.41, 5.74) is 51.7. The molecule has 0 saturated carbocycles. The maximum Gasteiger partial charge on any atom is 0.326 e. The Morgan fingerprint density at radius 2 is 0.736 bits per heavy atom. The molecule has 0 aliphatic rings. The molecule has 0 fully saturated rings. The number of nitrogens with one attached hydrogen (secondary N) is 9. The molecule has 2 aromatic rings. The number of nitrogens with two attached hydrogens (primary N) is 9. The van der Waals surface area contributed by atoms with Crippen LogP contribution in [0.15, 0.2) is 50.4 Å². The monoisotopic (exact) mass is 1220 g/mol. The van der Waals surface area contributed by atoms with Gasteiger partial charge >= 0.3 is 5.97 Å². The number of aromatic nitrogens is 1. The van der Waals surface area contributed by atoms with Gasteiger partial charge in [-0.25, -0.2) is 4.79 Å². The van der Waals surface area contributed by atoms with Gasteiger partial charge in [-0.1, -0.05) is 73.6 Å². The minimum absolute atomic E-state index is 0.000652. The summed E-state index contributed by atoms with van der Waals surface area (Å²) in [6, 6.07) is -4.55. The van der Waals surface area contributed by atoms with Crippen LogP contribution in [-0.2, 0) is 49.6 Å². The van der Waals surface area contributed by atoms with Crippen LogP contribution in [0.5, 0.6) is 0 Å². The Kier molecular flexibility index (Phi) is 31.9. The van der Waals surface area contributed by atoms with E-state index in [1.54, 1.807) is 85.9 Å². The molecule has 1 aromatic carbocycles. The molecule has 2 rings (SSSR count). The Balaban J connectivity index is 2.66. The Bertz CT molecular complexity index is 2730. The number of carboxylic acid groups (broad SMARTS) is 1. The van der Waals surface area contributed by atoms with Crippen LogP contribution in [0.1, 0.15) is 112 Å². The Morgan fingerprint density at radius 1 is 0.425 bits per heavy atom. The molecule has 32 heteroatoms. The van der Waals surface area contributed by atoms with Gasteiger partial charge in [0, 0.05) is 49.7 Å². The number of carboxylic acids is 1. The number of hydrogen-bond acceptors (Lipinski definition) is 14. The van der Waals surface area contributed by atoms with Crippen molar-refractivity contribution in [2.45, 2.75) is 168 Å². The smallest absolute Gasteiger partial charge is 0.326 e. The lowest BCUT2D eigenvalue weighted by atomic mass is 9.98. The van der Waals surface area contributed by atoms with Crippen molar-refractivity contribution in [2.24, 2.45) is 95.2 Å². The molecule has 1 aromatic heterocycles. The maximum absolute atomic E-state index is 14.9. The number of nitrogens with zero attached hydrogens (tertiary/aromatic N) is 4. The largest absolute Gasteiger partial charge is 0.480 e. The van der Waals surface area contributed by atoms with E-state index in [1.807, 2.05) is 0 Å². The van der Waals surface area contributed by atoms with Gasteiger partial charge in [0.2, 0.25) is 47.3 Å². The summed E-state index contributed by atoms with van der Waals surface area (Å²) in [6.45, 7) is 13.5. The highest BCUT2D eigenvalue weighted by atomic mass is 16.4. The van der Waals surface area contributed by atoms with Gasteiger partial charge < -0.3 is 104 Å². The van der Waals surface area contributed by atoms with Crippen LogP contribution in [0.3, 0.4) is 0 Å². The van der Waals surface area contributed by atoms with Gasteiger partial charge in [-0.3, -0.25) is 58.3 Å². The first kappa shape index (κ1) is 74.1. The second kappa shape index (κ2) is 37.5. The zero-order valence-electron chi connectivity index (χ0n) is 51.2. The topological polar surface area (TPSA) is 570 Å². The first-order valence-corrected chi connectivity index (χ1v) is 29.0. The third-order valence-corrected chi connectivity index (χ3v) is 13.7. The molecule has 0 radical (unpaired) electrons. The van der Waals surface area contributed by atoms with Gasteiger partial charge in [0.25, 0.3) is 0 Å². The van der Waals surface area contributed by atoms with Gasteiger partial charge in [0.15, 0.2) is 23.8 Å². The second-order valence-electron chi connectivity index (χ2n) is 22.5. The molecule has 28 N–H and O–H groups in total. The molecule has 0 bridgehead atoms. The Morgan fingerprint density at radius 3 is 1.13 bits per heavy atom. The standard InChI is InChI=1S/C55H96N22O10/c1-27(2)39(76-49(84)40(28(3)4)74-43(78)33(56)16-11-21-65-52(57)58)48(83)72-36(19-13-23-67-54(61)62)44(79)70-35(18-12-22-66-53(59)60)45(80)73-38(25-31-26-69-34-17-10-9-15-32(31)34)47(82)71-37(20-14-24-68-55(63)64)46(81)75-41(29(5)6)50(85)77-42(30(7)8)51(86)87/h9-10,15,17,26-30,33,35-42,69H,11-14,16,18-25,56H2,1-8H3,(H,70,79)(H,71,82)(H,72,83)(H,73,80)(H,74,78)(H,75,81)(H,76,84)(H,77,85)(H,86,87)(H4,57,58,65)(H4,59,60,66)(H4,61,62,67)(H4,63,64,68)/t33-,35-,36-,37-,38-,39-,40-,41-,42-/m0/s1. The van der Waals surface area contributed by atoms with Crippen LogP contribution in [0, 0.1) is 23.7 Å². The van der Waals surface area contributed by atoms with Crippen molar-refractivity contribution in [3.05, 3.63) is 36.0 Å². The third-order valence-electron chi connectivity index (χ3n) is 13.7. The number of aliphatic carboxylic acids is 1. The predicted octanol–water partition coefficient (Wildman–Crippen LogP) is -4.16. The zero-order valence-corrected chi connectivity index (χ0v) is 51.2. The van der Waals surface area contributed by atoms with Crippen LogP contribution >= 0.6 is 0 Å². The van der Waals surface area contributed by atoms with E-state index in [2.05, 4.69) is 67.5 Å². The number of benzene rings is 1. The molecule has 9 atom stereocenters. The number of guanidine groups is 4. The number of para-hydroxylation sites is 1. The van der Waals surface area contributed by atoms with E-state index in [1.165, 1.54) is 0 Å². The number of carbonyl (C=O) groups is 9. The lowest BCUT2D eigenvalue weighted by Gasteiger charge is -2.30. The van der Waals surface area contributed by atoms with E-state index in [9.17, 15) is 48.3 Å². The second-order valence-corrected chi connectivity index (χ2v) is 22.5. The third kappa shape index (κ3) is 26.9. The van der Waals surface area contributed by atoms with Gasteiger partial charge in [-0.2, -0.15) is 0 Å². The van der Waals surface area contributed by atoms with Gasteiger partial charge in [-0.15, -0.1) is 0 Å². The highest BCUT2D eigenvalue weighted by Crippen LogP contribution is 2.20. The number of amides is 8. The fourth-order valence-electron chi connectivity index (χ4n) is 8.89. The van der Waals surface area contributed by atoms with Crippen LogP contribution < -0.4 is 94.1 Å². The summed E-state index contributed by atoms with van der Waals surface area (Å²) in [4.78, 5) is 145. The van der Waals surface area contributed by atoms with Crippen LogP contribution in [0.4, 0.5) is 0 Å². The quantitative estimate of drug-likeness (QED) is 0.0172. The molecular formula is C55H96N22O10. The van der Waals surface area contributed by atoms with Gasteiger partial charge in [0.1, 0.15) is 48.3 Å². The van der Waals surface area contributed by atoms with Crippen molar-refractivity contribution >= 4 is 88.0 Å². The number of rotatable bonds is 39.